The standard InChI is InChI=1S/C15H20N2O2S/c1-3-4-5-8-12-11-16-17-15(12)13-9-6-7-10-14(13)20(2,18)19/h6-7,9-11H,3-5,8H2,1-2H3,(H,16,17). The number of unbranched alkanes of at least 4 members (excludes halogenated alkanes) is 2. The van der Waals surface area contributed by atoms with Crippen molar-refractivity contribution in [1.29, 1.82) is 0 Å². The number of aromatic amines is 1. The van der Waals surface area contributed by atoms with Crippen LogP contribution in [0.3, 0.4) is 0 Å². The Labute approximate surface area is 120 Å². The maximum Gasteiger partial charge on any atom is 0.176 e. The van der Waals surface area contributed by atoms with Gasteiger partial charge in [0.05, 0.1) is 16.8 Å². The van der Waals surface area contributed by atoms with E-state index in [0.29, 0.717) is 10.5 Å². The van der Waals surface area contributed by atoms with Crippen molar-refractivity contribution in [1.82, 2.24) is 10.2 Å². The minimum atomic E-state index is -3.25. The predicted molar refractivity (Wildman–Crippen MR) is 80.4 cm³/mol. The van der Waals surface area contributed by atoms with Gasteiger partial charge in [-0.3, -0.25) is 5.10 Å². The second kappa shape index (κ2) is 6.22. The van der Waals surface area contributed by atoms with Crippen LogP contribution in [0.5, 0.6) is 0 Å². The van der Waals surface area contributed by atoms with Gasteiger partial charge in [0.15, 0.2) is 9.84 Å². The van der Waals surface area contributed by atoms with E-state index >= 15 is 0 Å². The molecule has 0 saturated heterocycles. The number of aryl methyl sites for hydroxylation is 1. The van der Waals surface area contributed by atoms with Gasteiger partial charge in [0.1, 0.15) is 0 Å². The summed E-state index contributed by atoms with van der Waals surface area (Å²) in [6.07, 6.45) is 7.36. The largest absolute Gasteiger partial charge is 0.278 e. The molecule has 1 heterocycles. The van der Waals surface area contributed by atoms with Crippen LogP contribution in [0.2, 0.25) is 0 Å². The number of hydrogen-bond donors (Lipinski definition) is 1. The molecule has 2 rings (SSSR count). The minimum Gasteiger partial charge on any atom is -0.278 e. The first kappa shape index (κ1) is 14.8. The van der Waals surface area contributed by atoms with Crippen molar-refractivity contribution in [3.05, 3.63) is 36.0 Å². The normalized spacial score (nSPS) is 11.7. The molecule has 0 radical (unpaired) electrons. The van der Waals surface area contributed by atoms with E-state index < -0.39 is 9.84 Å². The van der Waals surface area contributed by atoms with Crippen molar-refractivity contribution in [3.63, 3.8) is 0 Å². The van der Waals surface area contributed by atoms with Gasteiger partial charge >= 0.3 is 0 Å². The van der Waals surface area contributed by atoms with Crippen molar-refractivity contribution in [3.8, 4) is 11.3 Å². The summed E-state index contributed by atoms with van der Waals surface area (Å²) in [7, 11) is -3.25. The highest BCUT2D eigenvalue weighted by molar-refractivity contribution is 7.90. The van der Waals surface area contributed by atoms with Crippen LogP contribution in [-0.2, 0) is 16.3 Å². The van der Waals surface area contributed by atoms with E-state index in [9.17, 15) is 8.42 Å². The molecule has 0 aliphatic carbocycles. The van der Waals surface area contributed by atoms with E-state index in [4.69, 9.17) is 0 Å². The van der Waals surface area contributed by atoms with Gasteiger partial charge < -0.3 is 0 Å². The Kier molecular flexibility index (Phi) is 4.60. The SMILES string of the molecule is CCCCCc1cn[nH]c1-c1ccccc1S(C)(=O)=O. The van der Waals surface area contributed by atoms with Crippen molar-refractivity contribution in [2.75, 3.05) is 6.26 Å². The quantitative estimate of drug-likeness (QED) is 0.831. The lowest BCUT2D eigenvalue weighted by Gasteiger charge is -2.08. The predicted octanol–water partition coefficient (Wildman–Crippen LogP) is 3.21. The highest BCUT2D eigenvalue weighted by atomic mass is 32.2. The lowest BCUT2D eigenvalue weighted by atomic mass is 10.0. The summed E-state index contributed by atoms with van der Waals surface area (Å²) >= 11 is 0. The average molecular weight is 292 g/mol. The maximum absolute atomic E-state index is 11.9. The van der Waals surface area contributed by atoms with Gasteiger partial charge in [0, 0.05) is 11.8 Å². The summed E-state index contributed by atoms with van der Waals surface area (Å²) in [6, 6.07) is 7.06. The summed E-state index contributed by atoms with van der Waals surface area (Å²) < 4.78 is 23.8. The van der Waals surface area contributed by atoms with Crippen molar-refractivity contribution in [2.24, 2.45) is 0 Å². The van der Waals surface area contributed by atoms with Crippen LogP contribution in [0.15, 0.2) is 35.4 Å². The molecule has 5 heteroatoms. The van der Waals surface area contributed by atoms with Crippen LogP contribution < -0.4 is 0 Å². The van der Waals surface area contributed by atoms with E-state index in [0.717, 1.165) is 30.5 Å². The first-order chi connectivity index (χ1) is 9.54. The number of H-pyrrole nitrogens is 1. The second-order valence-electron chi connectivity index (χ2n) is 5.00. The van der Waals surface area contributed by atoms with Crippen LogP contribution >= 0.6 is 0 Å². The van der Waals surface area contributed by atoms with Crippen LogP contribution in [0.4, 0.5) is 0 Å². The zero-order valence-corrected chi connectivity index (χ0v) is 12.7. The maximum atomic E-state index is 11.9. The second-order valence-corrected chi connectivity index (χ2v) is 6.98. The first-order valence-electron chi connectivity index (χ1n) is 6.85. The molecule has 0 saturated carbocycles. The van der Waals surface area contributed by atoms with E-state index in [1.54, 1.807) is 18.3 Å². The van der Waals surface area contributed by atoms with E-state index in [1.165, 1.54) is 12.7 Å². The average Bonchev–Trinajstić information content (AvgIpc) is 2.86. The lowest BCUT2D eigenvalue weighted by molar-refractivity contribution is 0.602. The number of rotatable bonds is 6. The third-order valence-electron chi connectivity index (χ3n) is 3.32. The van der Waals surface area contributed by atoms with Crippen LogP contribution in [-0.4, -0.2) is 24.9 Å². The van der Waals surface area contributed by atoms with Crippen molar-refractivity contribution >= 4 is 9.84 Å². The van der Waals surface area contributed by atoms with Crippen LogP contribution in [0, 0.1) is 0 Å². The molecule has 0 unspecified atom stereocenters. The number of benzene rings is 1. The van der Waals surface area contributed by atoms with Gasteiger partial charge in [0.25, 0.3) is 0 Å². The van der Waals surface area contributed by atoms with Gasteiger partial charge in [-0.05, 0) is 24.5 Å². The summed E-state index contributed by atoms with van der Waals surface area (Å²) in [5, 5.41) is 7.03. The first-order valence-corrected chi connectivity index (χ1v) is 8.75. The number of nitrogens with zero attached hydrogens (tertiary/aromatic N) is 1. The van der Waals surface area contributed by atoms with Gasteiger partial charge in [-0.15, -0.1) is 0 Å². The Balaban J connectivity index is 2.40. The molecule has 1 N–H and O–H groups in total. The summed E-state index contributed by atoms with van der Waals surface area (Å²) in [5.41, 5.74) is 2.61. The fourth-order valence-corrected chi connectivity index (χ4v) is 3.19. The Morgan fingerprint density at radius 3 is 2.65 bits per heavy atom. The molecule has 0 bridgehead atoms. The highest BCUT2D eigenvalue weighted by Gasteiger charge is 2.17. The molecule has 0 aliphatic heterocycles. The number of hydrogen-bond acceptors (Lipinski definition) is 3. The van der Waals surface area contributed by atoms with Crippen molar-refractivity contribution in [2.45, 2.75) is 37.5 Å². The van der Waals surface area contributed by atoms with Crippen LogP contribution in [0.1, 0.15) is 31.7 Å². The lowest BCUT2D eigenvalue weighted by Crippen LogP contribution is -2.01. The number of sulfone groups is 1. The molecular formula is C15H20N2O2S. The fourth-order valence-electron chi connectivity index (χ4n) is 2.30. The third kappa shape index (κ3) is 3.28. The summed E-state index contributed by atoms with van der Waals surface area (Å²) in [5.74, 6) is 0. The molecular weight excluding hydrogens is 272 g/mol. The smallest absolute Gasteiger partial charge is 0.176 e. The molecule has 20 heavy (non-hydrogen) atoms. The molecule has 0 atom stereocenters. The number of nitrogens with one attached hydrogen (secondary N) is 1. The highest BCUT2D eigenvalue weighted by Crippen LogP contribution is 2.29. The molecule has 4 nitrogen and oxygen atoms in total. The van der Waals surface area contributed by atoms with E-state index in [1.807, 2.05) is 12.1 Å². The van der Waals surface area contributed by atoms with Gasteiger partial charge in [-0.1, -0.05) is 38.0 Å². The third-order valence-corrected chi connectivity index (χ3v) is 4.48. The van der Waals surface area contributed by atoms with Crippen LogP contribution in [0.25, 0.3) is 11.3 Å². The topological polar surface area (TPSA) is 62.8 Å². The minimum absolute atomic E-state index is 0.348. The Bertz CT molecular complexity index is 675. The zero-order valence-electron chi connectivity index (χ0n) is 11.9. The van der Waals surface area contributed by atoms with Gasteiger partial charge in [-0.25, -0.2) is 8.42 Å². The Morgan fingerprint density at radius 2 is 1.95 bits per heavy atom. The summed E-state index contributed by atoms with van der Waals surface area (Å²) in [6.45, 7) is 2.16. The Hall–Kier alpha value is -1.62. The molecule has 2 aromatic rings. The van der Waals surface area contributed by atoms with E-state index in [-0.39, 0.29) is 0 Å². The van der Waals surface area contributed by atoms with Gasteiger partial charge in [0.2, 0.25) is 0 Å². The molecule has 1 aromatic carbocycles. The molecule has 1 aromatic heterocycles. The van der Waals surface area contributed by atoms with Crippen molar-refractivity contribution < 1.29 is 8.42 Å². The fraction of sp³-hybridized carbons (Fsp3) is 0.400. The van der Waals surface area contributed by atoms with Gasteiger partial charge in [-0.2, -0.15) is 5.10 Å². The molecule has 108 valence electrons. The molecule has 0 spiro atoms. The molecule has 0 aliphatic rings. The molecule has 0 amide bonds. The Morgan fingerprint density at radius 1 is 1.20 bits per heavy atom. The monoisotopic (exact) mass is 292 g/mol. The summed E-state index contributed by atoms with van der Waals surface area (Å²) in [4.78, 5) is 0.348. The number of aromatic nitrogens is 2. The zero-order chi connectivity index (χ0) is 14.6. The molecule has 0 fully saturated rings. The van der Waals surface area contributed by atoms with E-state index in [2.05, 4.69) is 17.1 Å².